The third kappa shape index (κ3) is 4.22. The zero-order valence-electron chi connectivity index (χ0n) is 12.1. The Morgan fingerprint density at radius 3 is 2.37 bits per heavy atom. The summed E-state index contributed by atoms with van der Waals surface area (Å²) in [5.74, 6) is 0.701. The van der Waals surface area contributed by atoms with Crippen molar-refractivity contribution in [3.63, 3.8) is 0 Å². The second-order valence-corrected chi connectivity index (χ2v) is 5.46. The number of para-hydroxylation sites is 1. The van der Waals surface area contributed by atoms with Crippen LogP contribution in [0.1, 0.15) is 19.8 Å². The van der Waals surface area contributed by atoms with Crippen LogP contribution in [0.15, 0.2) is 30.3 Å². The summed E-state index contributed by atoms with van der Waals surface area (Å²) in [4.78, 5) is 5.06. The van der Waals surface area contributed by atoms with Gasteiger partial charge in [0.1, 0.15) is 0 Å². The number of nitrogens with two attached hydrogens (primary N) is 1. The number of benzene rings is 1. The highest BCUT2D eigenvalue weighted by Crippen LogP contribution is 2.16. The van der Waals surface area contributed by atoms with Gasteiger partial charge in [0.05, 0.1) is 0 Å². The largest absolute Gasteiger partial charge is 0.369 e. The first-order valence-corrected chi connectivity index (χ1v) is 7.56. The normalized spacial score (nSPS) is 18.5. The van der Waals surface area contributed by atoms with Gasteiger partial charge < -0.3 is 10.6 Å². The van der Waals surface area contributed by atoms with Crippen molar-refractivity contribution in [2.24, 2.45) is 11.7 Å². The quantitative estimate of drug-likeness (QED) is 0.852. The molecule has 1 heterocycles. The van der Waals surface area contributed by atoms with Crippen molar-refractivity contribution in [3.8, 4) is 0 Å². The highest BCUT2D eigenvalue weighted by atomic mass is 15.3. The van der Waals surface area contributed by atoms with E-state index in [0.717, 1.165) is 19.6 Å². The average molecular weight is 261 g/mol. The first kappa shape index (κ1) is 14.4. The van der Waals surface area contributed by atoms with Gasteiger partial charge in [0.2, 0.25) is 0 Å². The van der Waals surface area contributed by atoms with E-state index in [-0.39, 0.29) is 0 Å². The predicted octanol–water partition coefficient (Wildman–Crippen LogP) is 2.18. The van der Waals surface area contributed by atoms with Crippen molar-refractivity contribution < 1.29 is 0 Å². The molecule has 2 rings (SSSR count). The third-order valence-electron chi connectivity index (χ3n) is 4.26. The molecule has 1 aromatic rings. The minimum atomic E-state index is 0.701. The van der Waals surface area contributed by atoms with Crippen molar-refractivity contribution in [1.82, 2.24) is 4.90 Å². The monoisotopic (exact) mass is 261 g/mol. The number of hydrogen-bond donors (Lipinski definition) is 1. The van der Waals surface area contributed by atoms with Gasteiger partial charge in [-0.15, -0.1) is 0 Å². The molecule has 106 valence electrons. The Hall–Kier alpha value is -1.06. The molecule has 1 atom stereocenters. The zero-order valence-corrected chi connectivity index (χ0v) is 12.1. The van der Waals surface area contributed by atoms with Crippen LogP contribution in [0.25, 0.3) is 0 Å². The second-order valence-electron chi connectivity index (χ2n) is 5.46. The van der Waals surface area contributed by atoms with Crippen LogP contribution < -0.4 is 10.6 Å². The highest BCUT2D eigenvalue weighted by molar-refractivity contribution is 5.46. The van der Waals surface area contributed by atoms with E-state index in [9.17, 15) is 0 Å². The van der Waals surface area contributed by atoms with E-state index in [4.69, 9.17) is 5.73 Å². The fourth-order valence-electron chi connectivity index (χ4n) is 2.72. The Kier molecular flexibility index (Phi) is 5.67. The van der Waals surface area contributed by atoms with Crippen LogP contribution in [0.2, 0.25) is 0 Å². The van der Waals surface area contributed by atoms with Crippen molar-refractivity contribution in [3.05, 3.63) is 30.3 Å². The first-order chi connectivity index (χ1) is 9.33. The molecule has 1 fully saturated rings. The summed E-state index contributed by atoms with van der Waals surface area (Å²) in [6.45, 7) is 8.92. The Balaban J connectivity index is 1.74. The maximum atomic E-state index is 5.77. The molecule has 0 aliphatic carbocycles. The maximum absolute atomic E-state index is 5.77. The maximum Gasteiger partial charge on any atom is 0.0367 e. The number of piperazine rings is 1. The van der Waals surface area contributed by atoms with Gasteiger partial charge in [0.15, 0.2) is 0 Å². The highest BCUT2D eigenvalue weighted by Gasteiger charge is 2.17. The van der Waals surface area contributed by atoms with Gasteiger partial charge in [-0.2, -0.15) is 0 Å². The molecule has 3 nitrogen and oxygen atoms in total. The summed E-state index contributed by atoms with van der Waals surface area (Å²) in [7, 11) is 0. The lowest BCUT2D eigenvalue weighted by Gasteiger charge is -2.36. The van der Waals surface area contributed by atoms with E-state index in [1.54, 1.807) is 0 Å². The number of anilines is 1. The van der Waals surface area contributed by atoms with Gasteiger partial charge >= 0.3 is 0 Å². The van der Waals surface area contributed by atoms with E-state index >= 15 is 0 Å². The molecule has 1 unspecified atom stereocenters. The SMILES string of the molecule is CCC(CN)CCN1CCN(c2ccccc2)CC1. The summed E-state index contributed by atoms with van der Waals surface area (Å²) >= 11 is 0. The Morgan fingerprint density at radius 2 is 1.79 bits per heavy atom. The second kappa shape index (κ2) is 7.51. The number of nitrogens with zero attached hydrogens (tertiary/aromatic N) is 2. The van der Waals surface area contributed by atoms with Crippen LogP contribution in [0, 0.1) is 5.92 Å². The number of rotatable bonds is 6. The molecule has 3 heteroatoms. The van der Waals surface area contributed by atoms with E-state index in [1.165, 1.54) is 38.2 Å². The molecule has 0 aromatic heterocycles. The zero-order chi connectivity index (χ0) is 13.5. The average Bonchev–Trinajstić information content (AvgIpc) is 2.50. The summed E-state index contributed by atoms with van der Waals surface area (Å²) in [6.07, 6.45) is 2.46. The standard InChI is InChI=1S/C16H27N3/c1-2-15(14-17)8-9-18-10-12-19(13-11-18)16-6-4-3-5-7-16/h3-7,15H,2,8-14,17H2,1H3. The molecule has 19 heavy (non-hydrogen) atoms. The summed E-state index contributed by atoms with van der Waals surface area (Å²) < 4.78 is 0. The summed E-state index contributed by atoms with van der Waals surface area (Å²) in [6, 6.07) is 10.7. The lowest BCUT2D eigenvalue weighted by molar-refractivity contribution is 0.237. The molecular formula is C16H27N3. The summed E-state index contributed by atoms with van der Waals surface area (Å²) in [5.41, 5.74) is 7.13. The van der Waals surface area contributed by atoms with Crippen molar-refractivity contribution in [1.29, 1.82) is 0 Å². The minimum Gasteiger partial charge on any atom is -0.369 e. The van der Waals surface area contributed by atoms with Gasteiger partial charge in [-0.05, 0) is 37.6 Å². The van der Waals surface area contributed by atoms with Crippen LogP contribution >= 0.6 is 0 Å². The van der Waals surface area contributed by atoms with E-state index < -0.39 is 0 Å². The molecule has 1 aliphatic rings. The molecule has 2 N–H and O–H groups in total. The van der Waals surface area contributed by atoms with E-state index in [2.05, 4.69) is 47.1 Å². The Bertz CT molecular complexity index is 340. The molecule has 1 aliphatic heterocycles. The van der Waals surface area contributed by atoms with Crippen LogP contribution in [-0.4, -0.2) is 44.2 Å². The number of hydrogen-bond acceptors (Lipinski definition) is 3. The van der Waals surface area contributed by atoms with E-state index in [0.29, 0.717) is 5.92 Å². The summed E-state index contributed by atoms with van der Waals surface area (Å²) in [5, 5.41) is 0. The fraction of sp³-hybridized carbons (Fsp3) is 0.625. The first-order valence-electron chi connectivity index (χ1n) is 7.56. The van der Waals surface area contributed by atoms with E-state index in [1.807, 2.05) is 0 Å². The predicted molar refractivity (Wildman–Crippen MR) is 82.5 cm³/mol. The van der Waals surface area contributed by atoms with Crippen LogP contribution in [0.5, 0.6) is 0 Å². The molecular weight excluding hydrogens is 234 g/mol. The van der Waals surface area contributed by atoms with Crippen LogP contribution in [0.4, 0.5) is 5.69 Å². The van der Waals surface area contributed by atoms with Crippen molar-refractivity contribution in [2.45, 2.75) is 19.8 Å². The van der Waals surface area contributed by atoms with Crippen LogP contribution in [-0.2, 0) is 0 Å². The molecule has 0 saturated carbocycles. The lowest BCUT2D eigenvalue weighted by atomic mass is 10.0. The molecule has 1 aromatic carbocycles. The van der Waals surface area contributed by atoms with Crippen molar-refractivity contribution in [2.75, 3.05) is 44.2 Å². The molecule has 0 amide bonds. The molecule has 1 saturated heterocycles. The van der Waals surface area contributed by atoms with Crippen molar-refractivity contribution >= 4 is 5.69 Å². The molecule has 0 bridgehead atoms. The minimum absolute atomic E-state index is 0.701. The van der Waals surface area contributed by atoms with Crippen LogP contribution in [0.3, 0.4) is 0 Å². The fourth-order valence-corrected chi connectivity index (χ4v) is 2.72. The Morgan fingerprint density at radius 1 is 1.11 bits per heavy atom. The topological polar surface area (TPSA) is 32.5 Å². The lowest BCUT2D eigenvalue weighted by Crippen LogP contribution is -2.47. The van der Waals surface area contributed by atoms with Gasteiger partial charge in [-0.25, -0.2) is 0 Å². The third-order valence-corrected chi connectivity index (χ3v) is 4.26. The Labute approximate surface area is 117 Å². The van der Waals surface area contributed by atoms with Gasteiger partial charge in [0.25, 0.3) is 0 Å². The smallest absolute Gasteiger partial charge is 0.0367 e. The molecule has 0 spiro atoms. The van der Waals surface area contributed by atoms with Gasteiger partial charge in [-0.3, -0.25) is 4.90 Å². The molecule has 0 radical (unpaired) electrons. The van der Waals surface area contributed by atoms with Gasteiger partial charge in [0, 0.05) is 31.9 Å². The van der Waals surface area contributed by atoms with Gasteiger partial charge in [-0.1, -0.05) is 31.5 Å².